The molecule has 3 fully saturated rings. The fourth-order valence-electron chi connectivity index (χ4n) is 7.53. The number of epoxide rings is 1. The fourth-order valence-corrected chi connectivity index (χ4v) is 7.53. The molecule has 0 amide bonds. The van der Waals surface area contributed by atoms with Crippen LogP contribution < -0.4 is 4.90 Å². The zero-order valence-corrected chi connectivity index (χ0v) is 22.9. The van der Waals surface area contributed by atoms with Gasteiger partial charge in [-0.3, -0.25) is 0 Å². The Kier molecular flexibility index (Phi) is 6.99. The van der Waals surface area contributed by atoms with E-state index in [1.54, 1.807) is 18.2 Å². The van der Waals surface area contributed by atoms with Gasteiger partial charge in [-0.05, 0) is 75.1 Å². The Labute approximate surface area is 225 Å². The van der Waals surface area contributed by atoms with Crippen molar-refractivity contribution < 1.29 is 29.6 Å². The van der Waals surface area contributed by atoms with Gasteiger partial charge in [-0.2, -0.15) is 0 Å². The van der Waals surface area contributed by atoms with Crippen molar-refractivity contribution in [3.63, 3.8) is 0 Å². The molecule has 0 bridgehead atoms. The van der Waals surface area contributed by atoms with Crippen molar-refractivity contribution in [1.82, 2.24) is 0 Å². The summed E-state index contributed by atoms with van der Waals surface area (Å²) in [6.45, 7) is 10.7. The molecular formula is C31H41NO6. The topological polar surface area (TPSA) is 103 Å². The molecule has 7 nitrogen and oxygen atoms in total. The Hall–Kier alpha value is -2.61. The first kappa shape index (κ1) is 27.0. The molecular weight excluding hydrogens is 482 g/mol. The number of rotatable bonds is 7. The third-order valence-corrected chi connectivity index (χ3v) is 9.95. The molecule has 0 aromatic heterocycles. The lowest BCUT2D eigenvalue weighted by Gasteiger charge is -2.60. The zero-order valence-electron chi connectivity index (χ0n) is 22.9. The van der Waals surface area contributed by atoms with Gasteiger partial charge >= 0.3 is 5.97 Å². The number of phenols is 1. The van der Waals surface area contributed by atoms with Gasteiger partial charge in [-0.15, -0.1) is 0 Å². The monoisotopic (exact) mass is 523 g/mol. The molecule has 38 heavy (non-hydrogen) atoms. The Bertz CT molecular complexity index is 1180. The minimum atomic E-state index is -0.556. The van der Waals surface area contributed by atoms with E-state index in [0.717, 1.165) is 38.0 Å². The van der Waals surface area contributed by atoms with Gasteiger partial charge in [-0.25, -0.2) is 4.79 Å². The van der Waals surface area contributed by atoms with Gasteiger partial charge in [0.25, 0.3) is 0 Å². The number of phenolic OH excluding ortho intramolecular Hbond substituents is 1. The number of aromatic hydroxyl groups is 1. The summed E-state index contributed by atoms with van der Waals surface area (Å²) in [5.74, 6) is 0.311. The Morgan fingerprint density at radius 2 is 1.89 bits per heavy atom. The molecule has 1 spiro atoms. The van der Waals surface area contributed by atoms with E-state index in [-0.39, 0.29) is 35.2 Å². The molecule has 6 atom stereocenters. The van der Waals surface area contributed by atoms with Crippen molar-refractivity contribution in [2.75, 3.05) is 31.2 Å². The van der Waals surface area contributed by atoms with Crippen LogP contribution in [0.2, 0.25) is 0 Å². The van der Waals surface area contributed by atoms with E-state index < -0.39 is 17.5 Å². The summed E-state index contributed by atoms with van der Waals surface area (Å²) in [5, 5.41) is 31.6. The van der Waals surface area contributed by atoms with Crippen LogP contribution in [0.1, 0.15) is 58.9 Å². The average molecular weight is 524 g/mol. The second-order valence-electron chi connectivity index (χ2n) is 12.0. The summed E-state index contributed by atoms with van der Waals surface area (Å²) < 4.78 is 11.6. The summed E-state index contributed by atoms with van der Waals surface area (Å²) >= 11 is 0. The van der Waals surface area contributed by atoms with Crippen LogP contribution in [0, 0.1) is 22.7 Å². The molecule has 3 unspecified atom stereocenters. The van der Waals surface area contributed by atoms with Gasteiger partial charge in [0.2, 0.25) is 0 Å². The molecule has 3 N–H and O–H groups in total. The van der Waals surface area contributed by atoms with Crippen LogP contribution in [-0.4, -0.2) is 59.3 Å². The summed E-state index contributed by atoms with van der Waals surface area (Å²) in [6, 6.07) is 5.52. The number of allylic oxidation sites excluding steroid dienone is 1. The Balaban J connectivity index is 1.40. The predicted octanol–water partition coefficient (Wildman–Crippen LogP) is 4.57. The molecule has 2 aliphatic heterocycles. The van der Waals surface area contributed by atoms with E-state index >= 15 is 0 Å². The number of aliphatic hydroxyl groups is 2. The Morgan fingerprint density at radius 1 is 1.16 bits per heavy atom. The number of nitrogens with zero attached hydrogens (tertiary/aromatic N) is 1. The summed E-state index contributed by atoms with van der Waals surface area (Å²) in [5.41, 5.74) is 1.03. The quantitative estimate of drug-likeness (QED) is 0.355. The maximum atomic E-state index is 12.7. The number of cyclic esters (lactones) is 1. The molecule has 1 saturated heterocycles. The van der Waals surface area contributed by atoms with Crippen LogP contribution in [0.15, 0.2) is 47.8 Å². The predicted molar refractivity (Wildman–Crippen MR) is 146 cm³/mol. The first-order chi connectivity index (χ1) is 18.1. The van der Waals surface area contributed by atoms with E-state index in [9.17, 15) is 20.1 Å². The van der Waals surface area contributed by atoms with Gasteiger partial charge in [0, 0.05) is 41.7 Å². The number of benzene rings is 1. The molecule has 0 radical (unpaired) electrons. The number of fused-ring (bicyclic) bond motifs is 1. The molecule has 2 saturated carbocycles. The van der Waals surface area contributed by atoms with Crippen molar-refractivity contribution >= 4 is 17.7 Å². The highest BCUT2D eigenvalue weighted by Gasteiger charge is 2.66. The number of esters is 1. The number of ether oxygens (including phenoxy) is 2. The third-order valence-electron chi connectivity index (χ3n) is 9.95. The molecule has 1 aromatic rings. The highest BCUT2D eigenvalue weighted by Crippen LogP contribution is 2.65. The van der Waals surface area contributed by atoms with Crippen LogP contribution in [-0.2, 0) is 14.3 Å². The van der Waals surface area contributed by atoms with Gasteiger partial charge in [0.1, 0.15) is 11.5 Å². The molecule has 4 aliphatic rings. The lowest BCUT2D eigenvalue weighted by atomic mass is 9.45. The van der Waals surface area contributed by atoms with Crippen LogP contribution >= 0.6 is 0 Å². The van der Waals surface area contributed by atoms with Gasteiger partial charge < -0.3 is 29.7 Å². The maximum Gasteiger partial charge on any atom is 0.343 e. The van der Waals surface area contributed by atoms with Gasteiger partial charge in [0.15, 0.2) is 0 Å². The van der Waals surface area contributed by atoms with Crippen molar-refractivity contribution in [1.29, 1.82) is 0 Å². The normalized spacial score (nSPS) is 37.4. The van der Waals surface area contributed by atoms with Crippen molar-refractivity contribution in [2.24, 2.45) is 22.7 Å². The second-order valence-corrected chi connectivity index (χ2v) is 12.0. The Morgan fingerprint density at radius 3 is 2.53 bits per heavy atom. The van der Waals surface area contributed by atoms with Crippen molar-refractivity contribution in [3.05, 3.63) is 53.3 Å². The van der Waals surface area contributed by atoms with Crippen LogP contribution in [0.4, 0.5) is 5.69 Å². The summed E-state index contributed by atoms with van der Waals surface area (Å²) in [6.07, 6.45) is 10.1. The maximum absolute atomic E-state index is 12.7. The highest BCUT2D eigenvalue weighted by molar-refractivity contribution is 5.96. The van der Waals surface area contributed by atoms with E-state index in [4.69, 9.17) is 9.47 Å². The minimum Gasteiger partial charge on any atom is -0.507 e. The molecule has 206 valence electrons. The molecule has 1 aromatic carbocycles. The van der Waals surface area contributed by atoms with Crippen LogP contribution in [0.3, 0.4) is 0 Å². The van der Waals surface area contributed by atoms with E-state index in [2.05, 4.69) is 31.7 Å². The summed E-state index contributed by atoms with van der Waals surface area (Å²) in [7, 11) is 0. The number of carbonyl (C=O) groups excluding carboxylic acids is 1. The SMILES string of the molecule is CCN(CC)c1ccc(/C=C2C=C(/C=C/C3C4(CCC5[C@]3(C)CC[C@@H](O)[C@@]5(C)CO)CO4)C(=O)O\2)c(O)c1. The zero-order chi connectivity index (χ0) is 27.3. The first-order valence-corrected chi connectivity index (χ1v) is 13.9. The fraction of sp³-hybridized carbons (Fsp3) is 0.581. The standard InChI is InChI=1S/C31H41NO6/c1-5-32(6-2)22-9-7-20(24(34)17-22)15-23-16-21(28(36)38-23)8-10-26-29(3)13-12-27(35)30(4,18-33)25(29)11-14-31(26)19-37-31/h7-10,15-17,25-27,33-35H,5-6,11-14,18-19H2,1-4H3/b10-8+,23-15+/t25?,26?,27-,29+,30+,31?/m1/s1. The van der Waals surface area contributed by atoms with E-state index in [1.165, 1.54) is 0 Å². The smallest absolute Gasteiger partial charge is 0.343 e. The highest BCUT2D eigenvalue weighted by atomic mass is 16.6. The molecule has 2 aliphatic carbocycles. The minimum absolute atomic E-state index is 0.0485. The van der Waals surface area contributed by atoms with Crippen LogP contribution in [0.25, 0.3) is 6.08 Å². The molecule has 7 heteroatoms. The number of hydrogen-bond donors (Lipinski definition) is 3. The number of anilines is 1. The average Bonchev–Trinajstić information content (AvgIpc) is 3.58. The largest absolute Gasteiger partial charge is 0.507 e. The number of hydrogen-bond acceptors (Lipinski definition) is 7. The lowest BCUT2D eigenvalue weighted by Crippen LogP contribution is -2.60. The van der Waals surface area contributed by atoms with Crippen LogP contribution in [0.5, 0.6) is 5.75 Å². The first-order valence-electron chi connectivity index (χ1n) is 13.9. The van der Waals surface area contributed by atoms with Gasteiger partial charge in [0.05, 0.1) is 30.5 Å². The van der Waals surface area contributed by atoms with E-state index in [1.807, 2.05) is 25.1 Å². The van der Waals surface area contributed by atoms with E-state index in [0.29, 0.717) is 29.9 Å². The van der Waals surface area contributed by atoms with Gasteiger partial charge in [-0.1, -0.05) is 26.0 Å². The number of carbonyl (C=O) groups is 1. The van der Waals surface area contributed by atoms with Crippen molar-refractivity contribution in [3.8, 4) is 5.75 Å². The number of aliphatic hydroxyl groups excluding tert-OH is 2. The lowest BCUT2D eigenvalue weighted by molar-refractivity contribution is -0.167. The second kappa shape index (κ2) is 9.85. The third kappa shape index (κ3) is 4.38. The summed E-state index contributed by atoms with van der Waals surface area (Å²) in [4.78, 5) is 14.9. The molecule has 2 heterocycles. The van der Waals surface area contributed by atoms with Crippen molar-refractivity contribution in [2.45, 2.75) is 65.1 Å². The molecule has 5 rings (SSSR count).